The predicted octanol–water partition coefficient (Wildman–Crippen LogP) is 5.52. The topological polar surface area (TPSA) is 98.5 Å². The first-order chi connectivity index (χ1) is 17.8. The maximum atomic E-state index is 13.0. The summed E-state index contributed by atoms with van der Waals surface area (Å²) in [6.45, 7) is 14.9. The Morgan fingerprint density at radius 2 is 1.55 bits per heavy atom. The van der Waals surface area contributed by atoms with Gasteiger partial charge in [0.15, 0.2) is 0 Å². The first-order valence-corrected chi connectivity index (χ1v) is 15.5. The van der Waals surface area contributed by atoms with Gasteiger partial charge in [0, 0.05) is 5.92 Å². The van der Waals surface area contributed by atoms with E-state index in [1.54, 1.807) is 0 Å². The third-order valence-electron chi connectivity index (χ3n) is 12.0. The Balaban J connectivity index is 1.34. The van der Waals surface area contributed by atoms with E-state index in [0.717, 1.165) is 31.1 Å². The summed E-state index contributed by atoms with van der Waals surface area (Å²) in [5, 5.41) is 2.84. The van der Waals surface area contributed by atoms with Crippen molar-refractivity contribution in [2.24, 2.45) is 63.9 Å². The van der Waals surface area contributed by atoms with Gasteiger partial charge in [-0.2, -0.15) is 0 Å². The van der Waals surface area contributed by atoms with E-state index in [4.69, 9.17) is 10.5 Å². The Hall–Kier alpha value is -1.43. The second-order valence-corrected chi connectivity index (χ2v) is 14.7. The number of nitrogens with two attached hydrogens (primary N) is 1. The highest BCUT2D eigenvalue weighted by molar-refractivity contribution is 5.87. The summed E-state index contributed by atoms with van der Waals surface area (Å²) in [4.78, 5) is 37.9. The van der Waals surface area contributed by atoms with Crippen molar-refractivity contribution < 1.29 is 19.1 Å². The number of fused-ring (bicyclic) bond motifs is 5. The Morgan fingerprint density at radius 3 is 2.18 bits per heavy atom. The van der Waals surface area contributed by atoms with Gasteiger partial charge >= 0.3 is 5.97 Å². The molecule has 4 aliphatic rings. The standard InChI is InChI=1S/C32H54N2O4/c1-18(2)27(33)29(36)34-28(19(3)4)30(37)38-17-21-12-14-31(6)22(16-21)8-9-23-25-11-10-24(20(5)35)32(25,7)15-13-26(23)31/h18-19,21-28H,8-17,33H2,1-7H3,(H,34,36)/t21-,22?,23+,24-,25?,26?,27+,28+,31+,32-/m1/s1. The molecule has 216 valence electrons. The molecular weight excluding hydrogens is 476 g/mol. The minimum absolute atomic E-state index is 0.00705. The molecular formula is C32H54N2O4. The lowest BCUT2D eigenvalue weighted by Crippen LogP contribution is -2.54. The molecule has 0 aromatic heterocycles. The zero-order valence-corrected chi connectivity index (χ0v) is 25.1. The second kappa shape index (κ2) is 11.2. The smallest absolute Gasteiger partial charge is 0.328 e. The van der Waals surface area contributed by atoms with Crippen LogP contribution in [0.25, 0.3) is 0 Å². The maximum Gasteiger partial charge on any atom is 0.328 e. The van der Waals surface area contributed by atoms with E-state index in [-0.39, 0.29) is 35.0 Å². The number of carbonyl (C=O) groups excluding carboxylic acids is 3. The normalized spacial score (nSPS) is 40.1. The van der Waals surface area contributed by atoms with E-state index in [1.165, 1.54) is 38.5 Å². The molecule has 0 aliphatic heterocycles. The number of ketones is 1. The molecule has 1 amide bonds. The van der Waals surface area contributed by atoms with Gasteiger partial charge < -0.3 is 15.8 Å². The molecule has 6 nitrogen and oxygen atoms in total. The highest BCUT2D eigenvalue weighted by Crippen LogP contribution is 2.67. The molecule has 0 saturated heterocycles. The highest BCUT2D eigenvalue weighted by atomic mass is 16.5. The summed E-state index contributed by atoms with van der Waals surface area (Å²) in [6, 6.07) is -1.30. The molecule has 0 spiro atoms. The third-order valence-corrected chi connectivity index (χ3v) is 12.0. The summed E-state index contributed by atoms with van der Waals surface area (Å²) in [5.41, 5.74) is 6.57. The van der Waals surface area contributed by atoms with Crippen LogP contribution in [0.15, 0.2) is 0 Å². The third kappa shape index (κ3) is 5.32. The Labute approximate surface area is 231 Å². The van der Waals surface area contributed by atoms with Crippen molar-refractivity contribution >= 4 is 17.7 Å². The van der Waals surface area contributed by atoms with Crippen LogP contribution in [0.3, 0.4) is 0 Å². The lowest BCUT2D eigenvalue weighted by Gasteiger charge is -2.61. The second-order valence-electron chi connectivity index (χ2n) is 14.7. The van der Waals surface area contributed by atoms with Gasteiger partial charge in [0.2, 0.25) is 5.91 Å². The number of carbonyl (C=O) groups is 3. The Morgan fingerprint density at radius 1 is 0.895 bits per heavy atom. The van der Waals surface area contributed by atoms with Crippen LogP contribution in [-0.4, -0.2) is 36.4 Å². The molecule has 0 radical (unpaired) electrons. The quantitative estimate of drug-likeness (QED) is 0.403. The fraction of sp³-hybridized carbons (Fsp3) is 0.906. The molecule has 0 heterocycles. The summed E-state index contributed by atoms with van der Waals surface area (Å²) in [5.74, 6) is 3.29. The number of hydrogen-bond donors (Lipinski definition) is 2. The van der Waals surface area contributed by atoms with Gasteiger partial charge in [0.1, 0.15) is 11.8 Å². The van der Waals surface area contributed by atoms with Crippen LogP contribution in [0.5, 0.6) is 0 Å². The number of nitrogens with one attached hydrogen (secondary N) is 1. The van der Waals surface area contributed by atoms with Gasteiger partial charge in [-0.05, 0) is 117 Å². The zero-order valence-electron chi connectivity index (χ0n) is 25.1. The van der Waals surface area contributed by atoms with Crippen molar-refractivity contribution in [1.29, 1.82) is 0 Å². The fourth-order valence-electron chi connectivity index (χ4n) is 9.51. The minimum atomic E-state index is -0.668. The van der Waals surface area contributed by atoms with Crippen LogP contribution in [-0.2, 0) is 19.1 Å². The molecule has 3 N–H and O–H groups in total. The van der Waals surface area contributed by atoms with Crippen LogP contribution >= 0.6 is 0 Å². The van der Waals surface area contributed by atoms with E-state index in [2.05, 4.69) is 19.2 Å². The molecule has 38 heavy (non-hydrogen) atoms. The van der Waals surface area contributed by atoms with Crippen LogP contribution in [0, 0.1) is 58.2 Å². The number of rotatable bonds is 8. The molecule has 4 aliphatic carbocycles. The summed E-state index contributed by atoms with van der Waals surface area (Å²) < 4.78 is 5.84. The van der Waals surface area contributed by atoms with Gasteiger partial charge in [-0.3, -0.25) is 9.59 Å². The summed E-state index contributed by atoms with van der Waals surface area (Å²) in [6.07, 6.45) is 10.8. The van der Waals surface area contributed by atoms with E-state index < -0.39 is 12.1 Å². The van der Waals surface area contributed by atoms with Crippen molar-refractivity contribution in [1.82, 2.24) is 5.32 Å². The molecule has 0 bridgehead atoms. The van der Waals surface area contributed by atoms with Crippen LogP contribution in [0.2, 0.25) is 0 Å². The van der Waals surface area contributed by atoms with E-state index in [9.17, 15) is 14.4 Å². The van der Waals surface area contributed by atoms with Gasteiger partial charge in [-0.15, -0.1) is 0 Å². The number of ether oxygens (including phenoxy) is 1. The molecule has 0 aromatic rings. The summed E-state index contributed by atoms with van der Waals surface area (Å²) in [7, 11) is 0. The van der Waals surface area contributed by atoms with Crippen molar-refractivity contribution in [2.45, 2.75) is 118 Å². The van der Waals surface area contributed by atoms with E-state index in [1.807, 2.05) is 34.6 Å². The Kier molecular flexibility index (Phi) is 8.72. The predicted molar refractivity (Wildman–Crippen MR) is 150 cm³/mol. The van der Waals surface area contributed by atoms with Crippen LogP contribution in [0.1, 0.15) is 106 Å². The maximum absolute atomic E-state index is 13.0. The number of esters is 1. The number of hydrogen-bond acceptors (Lipinski definition) is 5. The van der Waals surface area contributed by atoms with Gasteiger partial charge in [0.25, 0.3) is 0 Å². The minimum Gasteiger partial charge on any atom is -0.464 e. The molecule has 4 rings (SSSR count). The Bertz CT molecular complexity index is 902. The van der Waals surface area contributed by atoms with Gasteiger partial charge in [0.05, 0.1) is 12.6 Å². The molecule has 4 fully saturated rings. The first-order valence-electron chi connectivity index (χ1n) is 15.5. The van der Waals surface area contributed by atoms with Crippen molar-refractivity contribution in [3.63, 3.8) is 0 Å². The molecule has 3 unspecified atom stereocenters. The van der Waals surface area contributed by atoms with Gasteiger partial charge in [-0.1, -0.05) is 41.5 Å². The zero-order chi connectivity index (χ0) is 28.0. The monoisotopic (exact) mass is 530 g/mol. The first kappa shape index (κ1) is 29.6. The average Bonchev–Trinajstić information content (AvgIpc) is 3.22. The van der Waals surface area contributed by atoms with Crippen molar-refractivity contribution in [2.75, 3.05) is 6.61 Å². The lowest BCUT2D eigenvalue weighted by molar-refractivity contribution is -0.154. The molecule has 4 saturated carbocycles. The van der Waals surface area contributed by atoms with Gasteiger partial charge in [-0.25, -0.2) is 4.79 Å². The molecule has 10 atom stereocenters. The molecule has 6 heteroatoms. The number of amides is 1. The molecule has 0 aromatic carbocycles. The average molecular weight is 531 g/mol. The highest BCUT2D eigenvalue weighted by Gasteiger charge is 2.60. The van der Waals surface area contributed by atoms with Crippen molar-refractivity contribution in [3.05, 3.63) is 0 Å². The van der Waals surface area contributed by atoms with E-state index >= 15 is 0 Å². The van der Waals surface area contributed by atoms with Crippen LogP contribution < -0.4 is 11.1 Å². The van der Waals surface area contributed by atoms with Crippen LogP contribution in [0.4, 0.5) is 0 Å². The van der Waals surface area contributed by atoms with E-state index in [0.29, 0.717) is 35.6 Å². The van der Waals surface area contributed by atoms with Crippen molar-refractivity contribution in [3.8, 4) is 0 Å². The summed E-state index contributed by atoms with van der Waals surface area (Å²) >= 11 is 0. The fourth-order valence-corrected chi connectivity index (χ4v) is 9.51. The largest absolute Gasteiger partial charge is 0.464 e. The lowest BCUT2D eigenvalue weighted by atomic mass is 9.44. The SMILES string of the molecule is CC(=O)[C@H]1CCC2[C@@H]3CCC4C[C@H](COC(=O)[C@@H](NC(=O)[C@@H](N)C(C)C)C(C)C)CC[C@]4(C)C3CC[C@@]21C. The number of Topliss-reactive ketones (excluding diaryl/α,β-unsaturated/α-hetero) is 1.